The number of nitrogens with zero attached hydrogens (tertiary/aromatic N) is 2. The van der Waals surface area contributed by atoms with Crippen LogP contribution in [-0.2, 0) is 11.3 Å². The van der Waals surface area contributed by atoms with E-state index in [0.717, 1.165) is 5.56 Å². The number of carboxylic acids is 1. The van der Waals surface area contributed by atoms with Crippen molar-refractivity contribution in [2.24, 2.45) is 0 Å². The van der Waals surface area contributed by atoms with E-state index in [4.69, 9.17) is 10.4 Å². The number of thiol groups is 1. The molecule has 1 aliphatic heterocycles. The molecule has 1 heterocycles. The molecule has 1 aromatic carbocycles. The molecule has 0 bridgehead atoms. The Balaban J connectivity index is 2.21. The van der Waals surface area contributed by atoms with Gasteiger partial charge in [-0.25, -0.2) is 4.79 Å². The second-order valence-electron chi connectivity index (χ2n) is 3.88. The maximum atomic E-state index is 11.2. The van der Waals surface area contributed by atoms with Crippen LogP contribution in [0.2, 0.25) is 0 Å². The molecule has 0 radical (unpaired) electrons. The van der Waals surface area contributed by atoms with Crippen LogP contribution in [0, 0.1) is 11.3 Å². The van der Waals surface area contributed by atoms with Gasteiger partial charge in [0.05, 0.1) is 11.6 Å². The van der Waals surface area contributed by atoms with E-state index in [1.54, 1.807) is 29.3 Å². The highest BCUT2D eigenvalue weighted by molar-refractivity contribution is 7.82. The van der Waals surface area contributed by atoms with Crippen molar-refractivity contribution in [3.8, 4) is 6.07 Å². The largest absolute Gasteiger partial charge is 0.477 e. The lowest BCUT2D eigenvalue weighted by Gasteiger charge is -2.31. The van der Waals surface area contributed by atoms with Crippen LogP contribution in [0.4, 0.5) is 0 Å². The molecule has 5 nitrogen and oxygen atoms in total. The second-order valence-corrected chi connectivity index (χ2v) is 4.52. The first kappa shape index (κ1) is 12.3. The monoisotopic (exact) mass is 261 g/mol. The predicted octanol–water partition coefficient (Wildman–Crippen LogP) is 1.10. The third kappa shape index (κ3) is 2.13. The van der Waals surface area contributed by atoms with Crippen LogP contribution in [0.5, 0.6) is 0 Å². The van der Waals surface area contributed by atoms with Gasteiger partial charge in [-0.05, 0) is 17.7 Å². The van der Waals surface area contributed by atoms with Crippen LogP contribution in [0.15, 0.2) is 36.7 Å². The van der Waals surface area contributed by atoms with Crippen LogP contribution in [0.25, 0.3) is 0 Å². The zero-order valence-corrected chi connectivity index (χ0v) is 10.3. The molecule has 1 aromatic rings. The normalized spacial score (nSPS) is 21.4. The molecular weight excluding hydrogens is 250 g/mol. The predicted molar refractivity (Wildman–Crippen MR) is 68.3 cm³/mol. The minimum atomic E-state index is -1.44. The fourth-order valence-corrected chi connectivity index (χ4v) is 1.93. The summed E-state index contributed by atoms with van der Waals surface area (Å²) in [5.41, 5.74) is 1.39. The van der Waals surface area contributed by atoms with E-state index in [9.17, 15) is 4.79 Å². The Labute approximate surface area is 110 Å². The number of carbonyl (C=O) groups is 1. The first-order valence-electron chi connectivity index (χ1n) is 5.22. The Bertz CT molecular complexity index is 552. The smallest absolute Gasteiger partial charge is 0.361 e. The van der Waals surface area contributed by atoms with E-state index in [2.05, 4.69) is 17.9 Å². The zero-order valence-electron chi connectivity index (χ0n) is 9.37. The molecule has 0 fully saturated rings. The number of carboxylic acid groups (broad SMARTS) is 1. The van der Waals surface area contributed by atoms with E-state index in [1.807, 2.05) is 12.1 Å². The third-order valence-corrected chi connectivity index (χ3v) is 3.24. The van der Waals surface area contributed by atoms with Crippen molar-refractivity contribution in [3.63, 3.8) is 0 Å². The summed E-state index contributed by atoms with van der Waals surface area (Å²) in [5.74, 6) is -1.08. The molecule has 92 valence electrons. The minimum Gasteiger partial charge on any atom is -0.477 e. The van der Waals surface area contributed by atoms with E-state index in [1.165, 1.54) is 6.20 Å². The van der Waals surface area contributed by atoms with Gasteiger partial charge in [-0.1, -0.05) is 12.1 Å². The maximum Gasteiger partial charge on any atom is 0.361 e. The first-order chi connectivity index (χ1) is 8.56. The molecule has 0 aromatic heterocycles. The van der Waals surface area contributed by atoms with Gasteiger partial charge in [0.2, 0.25) is 0 Å². The number of hydrogen-bond donors (Lipinski definition) is 3. The summed E-state index contributed by atoms with van der Waals surface area (Å²) in [6.07, 6.45) is 3.16. The van der Waals surface area contributed by atoms with Crippen molar-refractivity contribution >= 4 is 18.6 Å². The molecule has 2 N–H and O–H groups in total. The lowest BCUT2D eigenvalue weighted by Crippen LogP contribution is -2.52. The molecule has 1 aliphatic rings. The molecule has 18 heavy (non-hydrogen) atoms. The summed E-state index contributed by atoms with van der Waals surface area (Å²) in [4.78, 5) is 11.3. The quantitative estimate of drug-likeness (QED) is 0.710. The van der Waals surface area contributed by atoms with Gasteiger partial charge < -0.3 is 15.3 Å². The Kier molecular flexibility index (Phi) is 3.17. The van der Waals surface area contributed by atoms with Crippen LogP contribution < -0.4 is 5.32 Å². The number of rotatable bonds is 3. The van der Waals surface area contributed by atoms with Gasteiger partial charge in [-0.3, -0.25) is 0 Å². The van der Waals surface area contributed by atoms with Crippen molar-refractivity contribution in [1.29, 1.82) is 5.26 Å². The third-order valence-electron chi connectivity index (χ3n) is 2.66. The molecule has 0 aliphatic carbocycles. The van der Waals surface area contributed by atoms with Crippen molar-refractivity contribution in [3.05, 3.63) is 47.8 Å². The summed E-state index contributed by atoms with van der Waals surface area (Å²) in [6.45, 7) is 0.356. The van der Waals surface area contributed by atoms with Gasteiger partial charge in [0, 0.05) is 18.9 Å². The lowest BCUT2D eigenvalue weighted by molar-refractivity contribution is -0.144. The molecule has 0 spiro atoms. The van der Waals surface area contributed by atoms with Gasteiger partial charge in [0.25, 0.3) is 4.99 Å². The SMILES string of the molecule is N#Cc1cccc(CN2C=CNC2(S)C(=O)O)c1. The standard InChI is InChI=1S/C12H11N3O2S/c13-7-9-2-1-3-10(6-9)8-15-5-4-14-12(15,18)11(16)17/h1-6,14,18H,8H2,(H,16,17). The van der Waals surface area contributed by atoms with Gasteiger partial charge >= 0.3 is 5.97 Å². The van der Waals surface area contributed by atoms with Crippen molar-refractivity contribution in [2.75, 3.05) is 0 Å². The highest BCUT2D eigenvalue weighted by Crippen LogP contribution is 2.25. The number of hydrogen-bond acceptors (Lipinski definition) is 5. The summed E-state index contributed by atoms with van der Waals surface area (Å²) < 4.78 is 0. The molecule has 0 amide bonds. The fourth-order valence-electron chi connectivity index (χ4n) is 1.72. The van der Waals surface area contributed by atoms with E-state index in [0.29, 0.717) is 12.1 Å². The Morgan fingerprint density at radius 3 is 3.06 bits per heavy atom. The summed E-state index contributed by atoms with van der Waals surface area (Å²) in [5, 5.41) is 20.6. The summed E-state index contributed by atoms with van der Waals surface area (Å²) in [6, 6.07) is 9.08. The van der Waals surface area contributed by atoms with Crippen LogP contribution in [-0.4, -0.2) is 21.0 Å². The topological polar surface area (TPSA) is 76.4 Å². The van der Waals surface area contributed by atoms with Crippen molar-refractivity contribution in [2.45, 2.75) is 11.5 Å². The average molecular weight is 261 g/mol. The summed E-state index contributed by atoms with van der Waals surface area (Å²) >= 11 is 4.14. The maximum absolute atomic E-state index is 11.2. The second kappa shape index (κ2) is 4.63. The Morgan fingerprint density at radius 1 is 1.61 bits per heavy atom. The van der Waals surface area contributed by atoms with Crippen LogP contribution in [0.1, 0.15) is 11.1 Å². The highest BCUT2D eigenvalue weighted by Gasteiger charge is 2.41. The molecule has 0 saturated carbocycles. The van der Waals surface area contributed by atoms with Gasteiger partial charge in [-0.15, -0.1) is 12.6 Å². The van der Waals surface area contributed by atoms with Gasteiger partial charge in [0.15, 0.2) is 0 Å². The fraction of sp³-hybridized carbons (Fsp3) is 0.167. The number of nitriles is 1. The molecule has 6 heteroatoms. The number of aliphatic carboxylic acids is 1. The van der Waals surface area contributed by atoms with Crippen molar-refractivity contribution in [1.82, 2.24) is 10.2 Å². The van der Waals surface area contributed by atoms with E-state index in [-0.39, 0.29) is 0 Å². The van der Waals surface area contributed by atoms with Gasteiger partial charge in [0.1, 0.15) is 0 Å². The van der Waals surface area contributed by atoms with Crippen molar-refractivity contribution < 1.29 is 9.90 Å². The molecule has 2 rings (SSSR count). The van der Waals surface area contributed by atoms with E-state index >= 15 is 0 Å². The Hall–Kier alpha value is -2.13. The Morgan fingerprint density at radius 2 is 2.39 bits per heavy atom. The molecule has 1 atom stereocenters. The lowest BCUT2D eigenvalue weighted by atomic mass is 10.1. The average Bonchev–Trinajstić information content (AvgIpc) is 2.73. The number of benzene rings is 1. The van der Waals surface area contributed by atoms with E-state index < -0.39 is 11.0 Å². The molecule has 1 unspecified atom stereocenters. The number of nitrogens with one attached hydrogen (secondary N) is 1. The molecule has 0 saturated heterocycles. The zero-order chi connectivity index (χ0) is 13.2. The minimum absolute atomic E-state index is 0.356. The summed E-state index contributed by atoms with van der Waals surface area (Å²) in [7, 11) is 0. The molecular formula is C12H11N3O2S. The highest BCUT2D eigenvalue weighted by atomic mass is 32.1. The van der Waals surface area contributed by atoms with Crippen LogP contribution >= 0.6 is 12.6 Å². The first-order valence-corrected chi connectivity index (χ1v) is 5.67. The van der Waals surface area contributed by atoms with Gasteiger partial charge in [-0.2, -0.15) is 5.26 Å². The van der Waals surface area contributed by atoms with Crippen LogP contribution in [0.3, 0.4) is 0 Å².